The zero-order valence-corrected chi connectivity index (χ0v) is 9.43. The topological polar surface area (TPSA) is 66.4 Å². The molecule has 2 atom stereocenters. The van der Waals surface area contributed by atoms with Crippen LogP contribution in [0.3, 0.4) is 0 Å². The molecule has 0 amide bonds. The maximum Gasteiger partial charge on any atom is 0.321 e. The molecule has 1 aromatic carbocycles. The van der Waals surface area contributed by atoms with E-state index in [2.05, 4.69) is 5.32 Å². The molecule has 1 aromatic rings. The van der Waals surface area contributed by atoms with Gasteiger partial charge in [-0.15, -0.1) is 0 Å². The number of piperidine rings is 1. The van der Waals surface area contributed by atoms with Gasteiger partial charge in [-0.05, 0) is 31.0 Å². The van der Waals surface area contributed by atoms with Crippen molar-refractivity contribution in [3.63, 3.8) is 0 Å². The lowest BCUT2D eigenvalue weighted by Gasteiger charge is -2.30. The molecule has 1 aliphatic heterocycles. The van der Waals surface area contributed by atoms with E-state index in [0.29, 0.717) is 5.56 Å². The fourth-order valence-corrected chi connectivity index (χ4v) is 2.37. The summed E-state index contributed by atoms with van der Waals surface area (Å²) in [5.41, 5.74) is 1.52. The van der Waals surface area contributed by atoms with Crippen molar-refractivity contribution in [2.24, 2.45) is 0 Å². The highest BCUT2D eigenvalue weighted by atomic mass is 16.4. The minimum atomic E-state index is -0.828. The third kappa shape index (κ3) is 2.53. The Morgan fingerprint density at radius 1 is 1.47 bits per heavy atom. The summed E-state index contributed by atoms with van der Waals surface area (Å²) in [6, 6.07) is 6.64. The SMILES string of the molecule is O=Cc1cccc(C2CCCNC2C(=O)O)c1. The molecule has 0 aromatic heterocycles. The van der Waals surface area contributed by atoms with Crippen LogP contribution in [0, 0.1) is 0 Å². The van der Waals surface area contributed by atoms with Gasteiger partial charge >= 0.3 is 5.97 Å². The molecular formula is C13H15NO3. The van der Waals surface area contributed by atoms with E-state index in [1.165, 1.54) is 0 Å². The van der Waals surface area contributed by atoms with Crippen molar-refractivity contribution in [2.75, 3.05) is 6.54 Å². The number of hydrogen-bond acceptors (Lipinski definition) is 3. The summed E-state index contributed by atoms with van der Waals surface area (Å²) in [4.78, 5) is 21.9. The molecule has 1 fully saturated rings. The van der Waals surface area contributed by atoms with E-state index in [0.717, 1.165) is 31.2 Å². The second kappa shape index (κ2) is 5.10. The van der Waals surface area contributed by atoms with Crippen molar-refractivity contribution in [1.29, 1.82) is 0 Å². The Labute approximate surface area is 99.6 Å². The molecule has 90 valence electrons. The van der Waals surface area contributed by atoms with Crippen LogP contribution >= 0.6 is 0 Å². The summed E-state index contributed by atoms with van der Waals surface area (Å²) >= 11 is 0. The lowest BCUT2D eigenvalue weighted by molar-refractivity contribution is -0.140. The molecule has 17 heavy (non-hydrogen) atoms. The quantitative estimate of drug-likeness (QED) is 0.775. The van der Waals surface area contributed by atoms with E-state index < -0.39 is 12.0 Å². The first-order valence-electron chi connectivity index (χ1n) is 5.73. The van der Waals surface area contributed by atoms with Gasteiger partial charge in [-0.1, -0.05) is 18.2 Å². The molecule has 0 aliphatic carbocycles. The van der Waals surface area contributed by atoms with Gasteiger partial charge < -0.3 is 10.4 Å². The van der Waals surface area contributed by atoms with Crippen molar-refractivity contribution in [3.05, 3.63) is 35.4 Å². The van der Waals surface area contributed by atoms with Crippen molar-refractivity contribution >= 4 is 12.3 Å². The summed E-state index contributed by atoms with van der Waals surface area (Å²) < 4.78 is 0. The molecule has 0 spiro atoms. The number of aliphatic carboxylic acids is 1. The van der Waals surface area contributed by atoms with Gasteiger partial charge in [0, 0.05) is 11.5 Å². The molecule has 0 radical (unpaired) electrons. The number of carboxylic acid groups (broad SMARTS) is 1. The number of hydrogen-bond donors (Lipinski definition) is 2. The summed E-state index contributed by atoms with van der Waals surface area (Å²) in [7, 11) is 0. The molecule has 0 saturated carbocycles. The standard InChI is InChI=1S/C13H15NO3/c15-8-9-3-1-4-10(7-9)11-5-2-6-14-12(11)13(16)17/h1,3-4,7-8,11-12,14H,2,5-6H2,(H,16,17). The Hall–Kier alpha value is -1.68. The average Bonchev–Trinajstić information content (AvgIpc) is 2.39. The average molecular weight is 233 g/mol. The van der Waals surface area contributed by atoms with Gasteiger partial charge in [-0.25, -0.2) is 0 Å². The van der Waals surface area contributed by atoms with Crippen LogP contribution < -0.4 is 5.32 Å². The Bertz CT molecular complexity index is 430. The molecule has 4 heteroatoms. The summed E-state index contributed by atoms with van der Waals surface area (Å²) in [6.07, 6.45) is 2.58. The fourth-order valence-electron chi connectivity index (χ4n) is 2.37. The second-order valence-electron chi connectivity index (χ2n) is 4.31. The third-order valence-electron chi connectivity index (χ3n) is 3.20. The lowest BCUT2D eigenvalue weighted by Crippen LogP contribution is -2.45. The number of rotatable bonds is 3. The van der Waals surface area contributed by atoms with Crippen LogP contribution in [0.5, 0.6) is 0 Å². The Balaban J connectivity index is 2.28. The summed E-state index contributed by atoms with van der Waals surface area (Å²) in [5, 5.41) is 12.2. The van der Waals surface area contributed by atoms with Crippen LogP contribution in [-0.2, 0) is 4.79 Å². The summed E-state index contributed by atoms with van der Waals surface area (Å²) in [5.74, 6) is -0.882. The highest BCUT2D eigenvalue weighted by molar-refractivity contribution is 5.77. The monoisotopic (exact) mass is 233 g/mol. The number of carbonyl (C=O) groups excluding carboxylic acids is 1. The van der Waals surface area contributed by atoms with Crippen molar-refractivity contribution < 1.29 is 14.7 Å². The lowest BCUT2D eigenvalue weighted by atomic mass is 9.84. The van der Waals surface area contributed by atoms with Gasteiger partial charge in [-0.3, -0.25) is 9.59 Å². The number of benzene rings is 1. The second-order valence-corrected chi connectivity index (χ2v) is 4.31. The molecule has 1 saturated heterocycles. The predicted octanol–water partition coefficient (Wildman–Crippen LogP) is 1.42. The van der Waals surface area contributed by atoms with E-state index in [9.17, 15) is 9.59 Å². The van der Waals surface area contributed by atoms with Crippen LogP contribution in [0.1, 0.15) is 34.7 Å². The molecule has 0 bridgehead atoms. The van der Waals surface area contributed by atoms with E-state index in [1.54, 1.807) is 18.2 Å². The third-order valence-corrected chi connectivity index (χ3v) is 3.20. The highest BCUT2D eigenvalue weighted by Gasteiger charge is 2.31. The van der Waals surface area contributed by atoms with E-state index in [-0.39, 0.29) is 5.92 Å². The zero-order chi connectivity index (χ0) is 12.3. The zero-order valence-electron chi connectivity index (χ0n) is 9.43. The molecule has 4 nitrogen and oxygen atoms in total. The first kappa shape index (κ1) is 11.8. The minimum absolute atomic E-state index is 0.0545. The number of aldehydes is 1. The van der Waals surface area contributed by atoms with Crippen molar-refractivity contribution in [2.45, 2.75) is 24.8 Å². The largest absolute Gasteiger partial charge is 0.480 e. The minimum Gasteiger partial charge on any atom is -0.480 e. The van der Waals surface area contributed by atoms with Crippen LogP contribution in [0.4, 0.5) is 0 Å². The molecular weight excluding hydrogens is 218 g/mol. The molecule has 1 heterocycles. The number of carbonyl (C=O) groups is 2. The maximum absolute atomic E-state index is 11.2. The van der Waals surface area contributed by atoms with Crippen molar-refractivity contribution in [1.82, 2.24) is 5.32 Å². The van der Waals surface area contributed by atoms with Gasteiger partial charge in [0.15, 0.2) is 0 Å². The van der Waals surface area contributed by atoms with Gasteiger partial charge in [0.2, 0.25) is 0 Å². The smallest absolute Gasteiger partial charge is 0.321 e. The van der Waals surface area contributed by atoms with Gasteiger partial charge in [0.05, 0.1) is 0 Å². The Morgan fingerprint density at radius 3 is 3.00 bits per heavy atom. The maximum atomic E-state index is 11.2. The number of nitrogens with one attached hydrogen (secondary N) is 1. The summed E-state index contributed by atoms with van der Waals surface area (Å²) in [6.45, 7) is 0.737. The van der Waals surface area contributed by atoms with E-state index in [1.807, 2.05) is 6.07 Å². The first-order valence-corrected chi connectivity index (χ1v) is 5.73. The van der Waals surface area contributed by atoms with Gasteiger partial charge in [0.1, 0.15) is 12.3 Å². The Kier molecular flexibility index (Phi) is 3.54. The molecule has 2 unspecified atom stereocenters. The van der Waals surface area contributed by atoms with Crippen LogP contribution in [0.25, 0.3) is 0 Å². The molecule has 1 aliphatic rings. The highest BCUT2D eigenvalue weighted by Crippen LogP contribution is 2.28. The molecule has 2 N–H and O–H groups in total. The Morgan fingerprint density at radius 2 is 2.29 bits per heavy atom. The fraction of sp³-hybridized carbons (Fsp3) is 0.385. The number of carboxylic acids is 1. The van der Waals surface area contributed by atoms with Gasteiger partial charge in [-0.2, -0.15) is 0 Å². The van der Waals surface area contributed by atoms with Crippen molar-refractivity contribution in [3.8, 4) is 0 Å². The van der Waals surface area contributed by atoms with E-state index >= 15 is 0 Å². The van der Waals surface area contributed by atoms with E-state index in [4.69, 9.17) is 5.11 Å². The first-order chi connectivity index (χ1) is 8.22. The molecule has 2 rings (SSSR count). The predicted molar refractivity (Wildman–Crippen MR) is 63.2 cm³/mol. The normalized spacial score (nSPS) is 24.2. The van der Waals surface area contributed by atoms with Crippen LogP contribution in [-0.4, -0.2) is 29.9 Å². The van der Waals surface area contributed by atoms with Crippen LogP contribution in [0.15, 0.2) is 24.3 Å². The van der Waals surface area contributed by atoms with Gasteiger partial charge in [0.25, 0.3) is 0 Å². The van der Waals surface area contributed by atoms with Crippen LogP contribution in [0.2, 0.25) is 0 Å².